The van der Waals surface area contributed by atoms with Crippen LogP contribution in [0.4, 0.5) is 0 Å². The van der Waals surface area contributed by atoms with Crippen molar-refractivity contribution >= 4 is 16.0 Å². The predicted octanol–water partition coefficient (Wildman–Crippen LogP) is 0.0534. The van der Waals surface area contributed by atoms with Gasteiger partial charge in [-0.3, -0.25) is 4.79 Å². The maximum Gasteiger partial charge on any atom is 0.322 e. The largest absolute Gasteiger partial charge is 0.480 e. The van der Waals surface area contributed by atoms with Crippen LogP contribution in [-0.4, -0.2) is 41.5 Å². The van der Waals surface area contributed by atoms with Gasteiger partial charge in [-0.1, -0.05) is 5.16 Å². The van der Waals surface area contributed by atoms with E-state index in [1.54, 1.807) is 0 Å². The second kappa shape index (κ2) is 4.46. The highest BCUT2D eigenvalue weighted by Gasteiger charge is 2.38. The Kier molecular flexibility index (Phi) is 3.16. The fraction of sp³-hybridized carbons (Fsp3) is 0.556. The van der Waals surface area contributed by atoms with Crippen LogP contribution in [0, 0.1) is 0 Å². The summed E-state index contributed by atoms with van der Waals surface area (Å²) in [7, 11) is -3.65. The lowest BCUT2D eigenvalue weighted by molar-refractivity contribution is -0.140. The first-order valence-corrected chi connectivity index (χ1v) is 6.73. The Morgan fingerprint density at radius 1 is 1.65 bits per heavy atom. The zero-order valence-electron chi connectivity index (χ0n) is 8.94. The molecular weight excluding hydrogens is 248 g/mol. The van der Waals surface area contributed by atoms with E-state index in [2.05, 4.69) is 9.68 Å². The van der Waals surface area contributed by atoms with Crippen molar-refractivity contribution in [1.82, 2.24) is 9.46 Å². The molecule has 1 aliphatic heterocycles. The summed E-state index contributed by atoms with van der Waals surface area (Å²) in [5.41, 5.74) is 0.279. The molecule has 1 aliphatic rings. The maximum atomic E-state index is 12.0. The van der Waals surface area contributed by atoms with Gasteiger partial charge in [-0.05, 0) is 12.8 Å². The molecular formula is C9H12N2O5S. The molecule has 0 aliphatic carbocycles. The molecule has 0 aromatic carbocycles. The van der Waals surface area contributed by atoms with Gasteiger partial charge in [-0.25, -0.2) is 8.42 Å². The predicted molar refractivity (Wildman–Crippen MR) is 56.5 cm³/mol. The Morgan fingerprint density at radius 2 is 2.41 bits per heavy atom. The normalized spacial score (nSPS) is 21.8. The van der Waals surface area contributed by atoms with Gasteiger partial charge in [-0.2, -0.15) is 4.31 Å². The summed E-state index contributed by atoms with van der Waals surface area (Å²) in [5, 5.41) is 12.4. The van der Waals surface area contributed by atoms with Crippen molar-refractivity contribution in [3.8, 4) is 0 Å². The van der Waals surface area contributed by atoms with Crippen molar-refractivity contribution in [3.05, 3.63) is 18.0 Å². The molecule has 0 saturated carbocycles. The van der Waals surface area contributed by atoms with Gasteiger partial charge in [0.15, 0.2) is 0 Å². The molecule has 7 nitrogen and oxygen atoms in total. The van der Waals surface area contributed by atoms with Crippen LogP contribution < -0.4 is 0 Å². The third-order valence-electron chi connectivity index (χ3n) is 2.67. The van der Waals surface area contributed by atoms with Crippen LogP contribution in [0.1, 0.15) is 18.5 Å². The SMILES string of the molecule is O=C(O)[C@H]1CCCN1S(=O)(=O)Cc1ccon1. The Balaban J connectivity index is 2.17. The fourth-order valence-electron chi connectivity index (χ4n) is 1.90. The number of hydrogen-bond donors (Lipinski definition) is 1. The molecule has 94 valence electrons. The number of sulfonamides is 1. The Morgan fingerprint density at radius 3 is 3.00 bits per heavy atom. The first kappa shape index (κ1) is 12.1. The average molecular weight is 260 g/mol. The third kappa shape index (κ3) is 2.47. The third-order valence-corrected chi connectivity index (χ3v) is 4.48. The monoisotopic (exact) mass is 260 g/mol. The van der Waals surface area contributed by atoms with Crippen LogP contribution in [0.15, 0.2) is 16.9 Å². The Bertz CT molecular complexity index is 495. The van der Waals surface area contributed by atoms with Gasteiger partial charge in [-0.15, -0.1) is 0 Å². The van der Waals surface area contributed by atoms with Gasteiger partial charge in [0, 0.05) is 12.6 Å². The Labute approximate surface area is 98.1 Å². The van der Waals surface area contributed by atoms with Crippen molar-refractivity contribution in [3.63, 3.8) is 0 Å². The molecule has 0 bridgehead atoms. The summed E-state index contributed by atoms with van der Waals surface area (Å²) < 4.78 is 29.6. The number of carboxylic acids is 1. The average Bonchev–Trinajstić information content (AvgIpc) is 2.84. The molecule has 8 heteroatoms. The van der Waals surface area contributed by atoms with Crippen molar-refractivity contribution in [2.75, 3.05) is 6.54 Å². The number of carbonyl (C=O) groups is 1. The summed E-state index contributed by atoms with van der Waals surface area (Å²) >= 11 is 0. The summed E-state index contributed by atoms with van der Waals surface area (Å²) in [6.07, 6.45) is 2.20. The first-order chi connectivity index (χ1) is 8.00. The summed E-state index contributed by atoms with van der Waals surface area (Å²) in [6, 6.07) is 0.496. The number of aliphatic carboxylic acids is 1. The number of nitrogens with zero attached hydrogens (tertiary/aromatic N) is 2. The van der Waals surface area contributed by atoms with Gasteiger partial charge in [0.2, 0.25) is 10.0 Å². The zero-order chi connectivity index (χ0) is 12.5. The van der Waals surface area contributed by atoms with E-state index in [-0.39, 0.29) is 18.0 Å². The van der Waals surface area contributed by atoms with Crippen molar-refractivity contribution in [2.24, 2.45) is 0 Å². The first-order valence-electron chi connectivity index (χ1n) is 5.12. The minimum absolute atomic E-state index is 0.247. The van der Waals surface area contributed by atoms with Crippen LogP contribution in [-0.2, 0) is 20.6 Å². The van der Waals surface area contributed by atoms with Crippen LogP contribution in [0.2, 0.25) is 0 Å². The molecule has 2 rings (SSSR count). The van der Waals surface area contributed by atoms with Crippen molar-refractivity contribution in [1.29, 1.82) is 0 Å². The smallest absolute Gasteiger partial charge is 0.322 e. The molecule has 0 spiro atoms. The highest BCUT2D eigenvalue weighted by molar-refractivity contribution is 7.88. The minimum atomic E-state index is -3.65. The lowest BCUT2D eigenvalue weighted by Crippen LogP contribution is -2.40. The van der Waals surface area contributed by atoms with Gasteiger partial charge < -0.3 is 9.63 Å². The molecule has 0 unspecified atom stereocenters. The van der Waals surface area contributed by atoms with E-state index in [1.165, 1.54) is 12.3 Å². The molecule has 1 atom stereocenters. The van der Waals surface area contributed by atoms with E-state index in [1.807, 2.05) is 0 Å². The van der Waals surface area contributed by atoms with Gasteiger partial charge in [0.25, 0.3) is 0 Å². The standard InChI is InChI=1S/C9H12N2O5S/c12-9(13)8-2-1-4-11(8)17(14,15)6-7-3-5-16-10-7/h3,5,8H,1-2,4,6H2,(H,12,13)/t8-/m1/s1. The van der Waals surface area contributed by atoms with Gasteiger partial charge in [0.05, 0.1) is 5.69 Å². The van der Waals surface area contributed by atoms with E-state index in [0.29, 0.717) is 12.8 Å². The van der Waals surface area contributed by atoms with Crippen LogP contribution in [0.25, 0.3) is 0 Å². The summed E-state index contributed by atoms with van der Waals surface area (Å²) in [6.45, 7) is 0.247. The second-order valence-electron chi connectivity index (χ2n) is 3.85. The molecule has 1 aromatic rings. The lowest BCUT2D eigenvalue weighted by atomic mass is 10.2. The van der Waals surface area contributed by atoms with Crippen LogP contribution in [0.3, 0.4) is 0 Å². The molecule has 1 fully saturated rings. The van der Waals surface area contributed by atoms with Crippen molar-refractivity contribution < 1.29 is 22.8 Å². The molecule has 1 N–H and O–H groups in total. The molecule has 17 heavy (non-hydrogen) atoms. The molecule has 0 radical (unpaired) electrons. The number of hydrogen-bond acceptors (Lipinski definition) is 5. The maximum absolute atomic E-state index is 12.0. The van der Waals surface area contributed by atoms with Gasteiger partial charge in [0.1, 0.15) is 18.1 Å². The highest BCUT2D eigenvalue weighted by atomic mass is 32.2. The second-order valence-corrected chi connectivity index (χ2v) is 5.78. The van der Waals surface area contributed by atoms with Crippen LogP contribution in [0.5, 0.6) is 0 Å². The molecule has 1 aromatic heterocycles. The Hall–Kier alpha value is -1.41. The molecule has 1 saturated heterocycles. The fourth-order valence-corrected chi connectivity index (χ4v) is 3.58. The lowest BCUT2D eigenvalue weighted by Gasteiger charge is -2.20. The van der Waals surface area contributed by atoms with Crippen LogP contribution >= 0.6 is 0 Å². The molecule has 2 heterocycles. The topological polar surface area (TPSA) is 101 Å². The van der Waals surface area contributed by atoms with E-state index >= 15 is 0 Å². The summed E-state index contributed by atoms with van der Waals surface area (Å²) in [5.74, 6) is -1.43. The molecule has 0 amide bonds. The van der Waals surface area contributed by atoms with E-state index in [4.69, 9.17) is 5.11 Å². The summed E-state index contributed by atoms with van der Waals surface area (Å²) in [4.78, 5) is 10.9. The van der Waals surface area contributed by atoms with Gasteiger partial charge >= 0.3 is 5.97 Å². The quantitative estimate of drug-likeness (QED) is 0.821. The minimum Gasteiger partial charge on any atom is -0.480 e. The highest BCUT2D eigenvalue weighted by Crippen LogP contribution is 2.23. The van der Waals surface area contributed by atoms with E-state index in [9.17, 15) is 13.2 Å². The van der Waals surface area contributed by atoms with E-state index in [0.717, 1.165) is 4.31 Å². The van der Waals surface area contributed by atoms with E-state index < -0.39 is 22.0 Å². The number of aromatic nitrogens is 1. The zero-order valence-corrected chi connectivity index (χ0v) is 9.76. The number of rotatable bonds is 4. The van der Waals surface area contributed by atoms with Crippen molar-refractivity contribution in [2.45, 2.75) is 24.6 Å². The number of carboxylic acid groups (broad SMARTS) is 1.